The average Bonchev–Trinajstić information content (AvgIpc) is 2.76. The number of ether oxygens (including phenoxy) is 1. The van der Waals surface area contributed by atoms with Gasteiger partial charge in [-0.3, -0.25) is 0 Å². The number of hydrogen-bond acceptors (Lipinski definition) is 2. The summed E-state index contributed by atoms with van der Waals surface area (Å²) < 4.78 is 6.01. The van der Waals surface area contributed by atoms with Crippen LogP contribution in [-0.4, -0.2) is 18.2 Å². The van der Waals surface area contributed by atoms with Crippen LogP contribution in [0.15, 0.2) is 24.3 Å². The molecule has 19 heavy (non-hydrogen) atoms. The van der Waals surface area contributed by atoms with Crippen molar-refractivity contribution in [2.75, 3.05) is 6.54 Å². The lowest BCUT2D eigenvalue weighted by molar-refractivity contribution is -0.0150. The first-order chi connectivity index (χ1) is 9.00. The fraction of sp³-hybridized carbons (Fsp3) is 0.647. The van der Waals surface area contributed by atoms with Gasteiger partial charge in [0.05, 0.1) is 11.7 Å². The van der Waals surface area contributed by atoms with Crippen LogP contribution in [0.25, 0.3) is 0 Å². The molecule has 0 bridgehead atoms. The van der Waals surface area contributed by atoms with Gasteiger partial charge in [0.25, 0.3) is 0 Å². The van der Waals surface area contributed by atoms with Crippen molar-refractivity contribution in [3.05, 3.63) is 35.4 Å². The molecule has 1 fully saturated rings. The Bertz CT molecular complexity index is 396. The molecule has 1 aromatic rings. The van der Waals surface area contributed by atoms with Crippen molar-refractivity contribution >= 4 is 0 Å². The van der Waals surface area contributed by atoms with E-state index in [0.717, 1.165) is 13.0 Å². The van der Waals surface area contributed by atoms with Crippen molar-refractivity contribution in [3.8, 4) is 0 Å². The smallest absolute Gasteiger partial charge is 0.0708 e. The first-order valence-electron chi connectivity index (χ1n) is 7.50. The van der Waals surface area contributed by atoms with Crippen LogP contribution in [0.4, 0.5) is 0 Å². The largest absolute Gasteiger partial charge is 0.371 e. The highest BCUT2D eigenvalue weighted by Gasteiger charge is 2.31. The van der Waals surface area contributed by atoms with Gasteiger partial charge in [0, 0.05) is 12.6 Å². The van der Waals surface area contributed by atoms with Gasteiger partial charge < -0.3 is 10.1 Å². The highest BCUT2D eigenvalue weighted by Crippen LogP contribution is 2.29. The Morgan fingerprint density at radius 3 is 2.53 bits per heavy atom. The molecular formula is C17H27NO. The minimum atomic E-state index is 0.0678. The molecule has 106 valence electrons. The van der Waals surface area contributed by atoms with Gasteiger partial charge >= 0.3 is 0 Å². The fourth-order valence-electron chi connectivity index (χ4n) is 2.69. The van der Waals surface area contributed by atoms with Gasteiger partial charge in [-0.15, -0.1) is 0 Å². The van der Waals surface area contributed by atoms with E-state index in [-0.39, 0.29) is 5.60 Å². The van der Waals surface area contributed by atoms with Gasteiger partial charge in [-0.25, -0.2) is 0 Å². The lowest BCUT2D eigenvalue weighted by Crippen LogP contribution is -2.31. The molecule has 1 aliphatic heterocycles. The van der Waals surface area contributed by atoms with Crippen molar-refractivity contribution in [2.45, 2.75) is 64.7 Å². The van der Waals surface area contributed by atoms with Gasteiger partial charge in [-0.1, -0.05) is 31.2 Å². The van der Waals surface area contributed by atoms with Gasteiger partial charge in [-0.05, 0) is 51.2 Å². The molecule has 0 aliphatic carbocycles. The normalized spacial score (nSPS) is 23.5. The summed E-state index contributed by atoms with van der Waals surface area (Å²) in [5, 5.41) is 3.59. The lowest BCUT2D eigenvalue weighted by atomic mass is 10.0. The summed E-state index contributed by atoms with van der Waals surface area (Å²) in [4.78, 5) is 0. The number of aryl methyl sites for hydroxylation is 1. The second-order valence-corrected chi connectivity index (χ2v) is 6.26. The number of hydrogen-bond donors (Lipinski definition) is 1. The summed E-state index contributed by atoms with van der Waals surface area (Å²) in [6.45, 7) is 9.72. The Morgan fingerprint density at radius 2 is 2.00 bits per heavy atom. The monoisotopic (exact) mass is 261 g/mol. The molecule has 2 nitrogen and oxygen atoms in total. The summed E-state index contributed by atoms with van der Waals surface area (Å²) >= 11 is 0. The van der Waals surface area contributed by atoms with Gasteiger partial charge in [0.15, 0.2) is 0 Å². The summed E-state index contributed by atoms with van der Waals surface area (Å²) in [5.74, 6) is 0. The van der Waals surface area contributed by atoms with Crippen molar-refractivity contribution < 1.29 is 4.74 Å². The van der Waals surface area contributed by atoms with Crippen LogP contribution >= 0.6 is 0 Å². The third-order valence-electron chi connectivity index (χ3n) is 4.09. The van der Waals surface area contributed by atoms with Crippen molar-refractivity contribution in [1.29, 1.82) is 0 Å². The molecule has 1 saturated heterocycles. The predicted octanol–water partition coefficient (Wildman–Crippen LogP) is 3.86. The molecule has 2 unspecified atom stereocenters. The topological polar surface area (TPSA) is 21.3 Å². The molecule has 2 atom stereocenters. The molecule has 1 heterocycles. The Balaban J connectivity index is 1.82. The second kappa shape index (κ2) is 6.06. The molecule has 1 aliphatic rings. The van der Waals surface area contributed by atoms with E-state index in [1.165, 1.54) is 24.0 Å². The number of benzene rings is 1. The fourth-order valence-corrected chi connectivity index (χ4v) is 2.69. The Morgan fingerprint density at radius 1 is 1.32 bits per heavy atom. The quantitative estimate of drug-likeness (QED) is 0.869. The summed E-state index contributed by atoms with van der Waals surface area (Å²) in [6.07, 6.45) is 3.81. The zero-order valence-corrected chi connectivity index (χ0v) is 12.7. The van der Waals surface area contributed by atoms with Crippen molar-refractivity contribution in [3.63, 3.8) is 0 Å². The molecule has 0 amide bonds. The second-order valence-electron chi connectivity index (χ2n) is 6.26. The minimum absolute atomic E-state index is 0.0678. The highest BCUT2D eigenvalue weighted by molar-refractivity contribution is 5.24. The minimum Gasteiger partial charge on any atom is -0.371 e. The van der Waals surface area contributed by atoms with Crippen LogP contribution in [0.3, 0.4) is 0 Å². The van der Waals surface area contributed by atoms with E-state index in [1.54, 1.807) is 0 Å². The van der Waals surface area contributed by atoms with Crippen LogP contribution in [0.1, 0.15) is 57.7 Å². The standard InChI is InChI=1S/C17H27NO/c1-5-14-6-8-15(9-7-14)13(2)18-12-16-10-11-17(3,4)19-16/h6-9,13,16,18H,5,10-12H2,1-4H3. The van der Waals surface area contributed by atoms with Crippen LogP contribution in [-0.2, 0) is 11.2 Å². The van der Waals surface area contributed by atoms with E-state index >= 15 is 0 Å². The highest BCUT2D eigenvalue weighted by atomic mass is 16.5. The van der Waals surface area contributed by atoms with Gasteiger partial charge in [0.2, 0.25) is 0 Å². The third-order valence-corrected chi connectivity index (χ3v) is 4.09. The summed E-state index contributed by atoms with van der Waals surface area (Å²) in [7, 11) is 0. The first-order valence-corrected chi connectivity index (χ1v) is 7.50. The van der Waals surface area contributed by atoms with Gasteiger partial charge in [-0.2, -0.15) is 0 Å². The molecule has 0 spiro atoms. The average molecular weight is 261 g/mol. The maximum atomic E-state index is 6.01. The molecule has 1 aromatic carbocycles. The predicted molar refractivity (Wildman–Crippen MR) is 80.4 cm³/mol. The molecule has 2 rings (SSSR count). The van der Waals surface area contributed by atoms with E-state index in [4.69, 9.17) is 4.74 Å². The van der Waals surface area contributed by atoms with E-state index in [0.29, 0.717) is 12.1 Å². The summed E-state index contributed by atoms with van der Waals surface area (Å²) in [5.41, 5.74) is 2.82. The molecule has 0 saturated carbocycles. The van der Waals surface area contributed by atoms with Crippen LogP contribution < -0.4 is 5.32 Å². The Labute approximate surface area is 117 Å². The molecular weight excluding hydrogens is 234 g/mol. The Kier molecular flexibility index (Phi) is 4.64. The van der Waals surface area contributed by atoms with E-state index < -0.39 is 0 Å². The van der Waals surface area contributed by atoms with Gasteiger partial charge in [0.1, 0.15) is 0 Å². The zero-order valence-electron chi connectivity index (χ0n) is 12.7. The van der Waals surface area contributed by atoms with Crippen LogP contribution in [0, 0.1) is 0 Å². The number of rotatable bonds is 5. The first kappa shape index (κ1) is 14.5. The van der Waals surface area contributed by atoms with Crippen LogP contribution in [0.2, 0.25) is 0 Å². The van der Waals surface area contributed by atoms with Crippen molar-refractivity contribution in [1.82, 2.24) is 5.32 Å². The van der Waals surface area contributed by atoms with Crippen molar-refractivity contribution in [2.24, 2.45) is 0 Å². The zero-order chi connectivity index (χ0) is 13.9. The van der Waals surface area contributed by atoms with Crippen LogP contribution in [0.5, 0.6) is 0 Å². The maximum Gasteiger partial charge on any atom is 0.0708 e. The van der Waals surface area contributed by atoms with E-state index in [2.05, 4.69) is 57.3 Å². The lowest BCUT2D eigenvalue weighted by Gasteiger charge is -2.21. The molecule has 0 radical (unpaired) electrons. The Hall–Kier alpha value is -0.860. The third kappa shape index (κ3) is 4.05. The summed E-state index contributed by atoms with van der Waals surface area (Å²) in [6, 6.07) is 9.30. The van der Waals surface area contributed by atoms with E-state index in [9.17, 15) is 0 Å². The molecule has 2 heteroatoms. The SMILES string of the molecule is CCc1ccc(C(C)NCC2CCC(C)(C)O2)cc1. The molecule has 0 aromatic heterocycles. The molecule has 1 N–H and O–H groups in total. The number of nitrogens with one attached hydrogen (secondary N) is 1. The maximum absolute atomic E-state index is 6.01. The van der Waals surface area contributed by atoms with E-state index in [1.807, 2.05) is 0 Å².